The van der Waals surface area contributed by atoms with E-state index in [1.807, 2.05) is 42.5 Å². The summed E-state index contributed by atoms with van der Waals surface area (Å²) in [6, 6.07) is 18.1. The third kappa shape index (κ3) is 3.47. The van der Waals surface area contributed by atoms with Gasteiger partial charge in [-0.15, -0.1) is 0 Å². The number of nitrogens with zero attached hydrogens (tertiary/aromatic N) is 2. The molecule has 2 aromatic carbocycles. The minimum atomic E-state index is -0.156. The average molecular weight is 350 g/mol. The van der Waals surface area contributed by atoms with Gasteiger partial charge in [0, 0.05) is 25.0 Å². The number of aromatic nitrogens is 2. The number of hydrogen-bond donors (Lipinski definition) is 2. The van der Waals surface area contributed by atoms with Crippen molar-refractivity contribution in [1.82, 2.24) is 20.4 Å². The van der Waals surface area contributed by atoms with E-state index in [1.165, 1.54) is 5.56 Å². The van der Waals surface area contributed by atoms with Crippen LogP contribution in [0, 0.1) is 0 Å². The Morgan fingerprint density at radius 2 is 1.85 bits per heavy atom. The maximum Gasteiger partial charge on any atom is 0.272 e. The van der Waals surface area contributed by atoms with Crippen molar-refractivity contribution in [3.8, 4) is 0 Å². The van der Waals surface area contributed by atoms with Gasteiger partial charge in [-0.25, -0.2) is 0 Å². The van der Waals surface area contributed by atoms with Gasteiger partial charge in [0.2, 0.25) is 0 Å². The van der Waals surface area contributed by atoms with E-state index in [0.29, 0.717) is 12.2 Å². The molecule has 1 aromatic heterocycles. The fraction of sp³-hybridized carbons (Fsp3) is 0.300. The molecule has 6 nitrogen and oxygen atoms in total. The topological polar surface area (TPSA) is 70.2 Å². The van der Waals surface area contributed by atoms with E-state index < -0.39 is 0 Å². The lowest BCUT2D eigenvalue weighted by atomic mass is 10.0. The monoisotopic (exact) mass is 350 g/mol. The van der Waals surface area contributed by atoms with Gasteiger partial charge in [-0.05, 0) is 11.6 Å². The lowest BCUT2D eigenvalue weighted by molar-refractivity contribution is 0.0162. The molecule has 0 spiro atoms. The van der Waals surface area contributed by atoms with Gasteiger partial charge in [0.25, 0.3) is 5.91 Å². The Hall–Kier alpha value is -2.70. The molecule has 1 saturated heterocycles. The Morgan fingerprint density at radius 3 is 2.65 bits per heavy atom. The van der Waals surface area contributed by atoms with E-state index in [9.17, 15) is 4.79 Å². The molecular formula is C20H22N4O2. The lowest BCUT2D eigenvalue weighted by Gasteiger charge is -2.34. The number of rotatable bonds is 5. The molecule has 6 heteroatoms. The SMILES string of the molecule is O=C(NCC(c1ccccc1)N1CCOCC1)c1n[nH]c2ccccc12. The van der Waals surface area contributed by atoms with Gasteiger partial charge in [-0.2, -0.15) is 5.10 Å². The van der Waals surface area contributed by atoms with E-state index in [0.717, 1.165) is 37.2 Å². The zero-order valence-electron chi connectivity index (χ0n) is 14.5. The fourth-order valence-corrected chi connectivity index (χ4v) is 3.43. The molecule has 1 fully saturated rings. The quantitative estimate of drug-likeness (QED) is 0.741. The highest BCUT2D eigenvalue weighted by molar-refractivity contribution is 6.04. The summed E-state index contributed by atoms with van der Waals surface area (Å²) in [4.78, 5) is 15.1. The van der Waals surface area contributed by atoms with Crippen LogP contribution in [0.1, 0.15) is 22.1 Å². The number of fused-ring (bicyclic) bond motifs is 1. The molecule has 4 rings (SSSR count). The fourth-order valence-electron chi connectivity index (χ4n) is 3.43. The van der Waals surface area contributed by atoms with Crippen molar-refractivity contribution < 1.29 is 9.53 Å². The van der Waals surface area contributed by atoms with E-state index >= 15 is 0 Å². The van der Waals surface area contributed by atoms with Crippen LogP contribution in [0.3, 0.4) is 0 Å². The number of H-pyrrole nitrogens is 1. The van der Waals surface area contributed by atoms with Gasteiger partial charge in [0.15, 0.2) is 5.69 Å². The highest BCUT2D eigenvalue weighted by atomic mass is 16.5. The number of para-hydroxylation sites is 1. The molecule has 0 saturated carbocycles. The van der Waals surface area contributed by atoms with Gasteiger partial charge in [0.05, 0.1) is 24.8 Å². The van der Waals surface area contributed by atoms with Crippen LogP contribution in [0.25, 0.3) is 10.9 Å². The number of carbonyl (C=O) groups is 1. The van der Waals surface area contributed by atoms with E-state index in [-0.39, 0.29) is 11.9 Å². The van der Waals surface area contributed by atoms with E-state index in [2.05, 4.69) is 32.5 Å². The molecule has 1 aliphatic heterocycles. The van der Waals surface area contributed by atoms with Crippen LogP contribution in [0.4, 0.5) is 0 Å². The van der Waals surface area contributed by atoms with Crippen molar-refractivity contribution in [2.45, 2.75) is 6.04 Å². The minimum absolute atomic E-state index is 0.120. The van der Waals surface area contributed by atoms with Crippen LogP contribution in [0.2, 0.25) is 0 Å². The molecule has 2 N–H and O–H groups in total. The van der Waals surface area contributed by atoms with Gasteiger partial charge in [-0.1, -0.05) is 48.5 Å². The highest BCUT2D eigenvalue weighted by Crippen LogP contribution is 2.21. The van der Waals surface area contributed by atoms with Crippen LogP contribution in [0.15, 0.2) is 54.6 Å². The van der Waals surface area contributed by atoms with Gasteiger partial charge in [-0.3, -0.25) is 14.8 Å². The molecule has 1 amide bonds. The summed E-state index contributed by atoms with van der Waals surface area (Å²) in [6.45, 7) is 3.70. The van der Waals surface area contributed by atoms with Crippen LogP contribution in [0.5, 0.6) is 0 Å². The molecule has 26 heavy (non-hydrogen) atoms. The third-order valence-electron chi connectivity index (χ3n) is 4.81. The zero-order chi connectivity index (χ0) is 17.8. The number of ether oxygens (including phenoxy) is 1. The largest absolute Gasteiger partial charge is 0.379 e. The second-order valence-corrected chi connectivity index (χ2v) is 6.40. The zero-order valence-corrected chi connectivity index (χ0v) is 14.5. The van der Waals surface area contributed by atoms with Gasteiger partial charge >= 0.3 is 0 Å². The Morgan fingerprint density at radius 1 is 1.12 bits per heavy atom. The van der Waals surface area contributed by atoms with Gasteiger partial charge < -0.3 is 10.1 Å². The predicted molar refractivity (Wildman–Crippen MR) is 100 cm³/mol. The number of amides is 1. The number of morpholine rings is 1. The predicted octanol–water partition coefficient (Wildman–Crippen LogP) is 2.37. The maximum absolute atomic E-state index is 12.7. The number of carbonyl (C=O) groups excluding carboxylic acids is 1. The molecule has 1 atom stereocenters. The molecule has 134 valence electrons. The second kappa shape index (κ2) is 7.68. The second-order valence-electron chi connectivity index (χ2n) is 6.40. The van der Waals surface area contributed by atoms with Gasteiger partial charge in [0.1, 0.15) is 0 Å². The Bertz CT molecular complexity index is 872. The Kier molecular flexibility index (Phi) is 4.95. The highest BCUT2D eigenvalue weighted by Gasteiger charge is 2.24. The summed E-state index contributed by atoms with van der Waals surface area (Å²) in [6.07, 6.45) is 0. The molecular weight excluding hydrogens is 328 g/mol. The van der Waals surface area contributed by atoms with Crippen LogP contribution < -0.4 is 5.32 Å². The van der Waals surface area contributed by atoms with E-state index in [4.69, 9.17) is 4.74 Å². The summed E-state index contributed by atoms with van der Waals surface area (Å²) in [5.74, 6) is -0.156. The average Bonchev–Trinajstić information content (AvgIpc) is 3.14. The molecule has 1 aliphatic rings. The van der Waals surface area contributed by atoms with Crippen molar-refractivity contribution >= 4 is 16.8 Å². The summed E-state index contributed by atoms with van der Waals surface area (Å²) < 4.78 is 5.48. The van der Waals surface area contributed by atoms with Crippen molar-refractivity contribution in [2.24, 2.45) is 0 Å². The first-order valence-electron chi connectivity index (χ1n) is 8.91. The van der Waals surface area contributed by atoms with Crippen molar-refractivity contribution in [3.63, 3.8) is 0 Å². The molecule has 1 unspecified atom stereocenters. The molecule has 3 aromatic rings. The Balaban J connectivity index is 1.51. The molecule has 2 heterocycles. The van der Waals surface area contributed by atoms with Crippen molar-refractivity contribution in [1.29, 1.82) is 0 Å². The summed E-state index contributed by atoms with van der Waals surface area (Å²) in [7, 11) is 0. The van der Waals surface area contributed by atoms with E-state index in [1.54, 1.807) is 0 Å². The van der Waals surface area contributed by atoms with Crippen LogP contribution >= 0.6 is 0 Å². The molecule has 0 bridgehead atoms. The van der Waals surface area contributed by atoms with Crippen molar-refractivity contribution in [2.75, 3.05) is 32.8 Å². The summed E-state index contributed by atoms with van der Waals surface area (Å²) >= 11 is 0. The normalized spacial score (nSPS) is 16.5. The first kappa shape index (κ1) is 16.8. The summed E-state index contributed by atoms with van der Waals surface area (Å²) in [5.41, 5.74) is 2.50. The first-order chi connectivity index (χ1) is 12.8. The Labute approximate surface area is 152 Å². The number of aromatic amines is 1. The van der Waals surface area contributed by atoms with Crippen LogP contribution in [-0.2, 0) is 4.74 Å². The molecule has 0 radical (unpaired) electrons. The van der Waals surface area contributed by atoms with Crippen LogP contribution in [-0.4, -0.2) is 53.9 Å². The summed E-state index contributed by atoms with van der Waals surface area (Å²) in [5, 5.41) is 11.0. The number of hydrogen-bond acceptors (Lipinski definition) is 4. The smallest absolute Gasteiger partial charge is 0.272 e. The third-order valence-corrected chi connectivity index (χ3v) is 4.81. The minimum Gasteiger partial charge on any atom is -0.379 e. The number of benzene rings is 2. The van der Waals surface area contributed by atoms with Crippen molar-refractivity contribution in [3.05, 3.63) is 65.9 Å². The molecule has 0 aliphatic carbocycles. The number of nitrogens with one attached hydrogen (secondary N) is 2. The lowest BCUT2D eigenvalue weighted by Crippen LogP contribution is -2.43. The first-order valence-corrected chi connectivity index (χ1v) is 8.91. The standard InChI is InChI=1S/C20H22N4O2/c25-20(19-16-8-4-5-9-17(16)22-23-19)21-14-18(15-6-2-1-3-7-15)24-10-12-26-13-11-24/h1-9,18H,10-14H2,(H,21,25)(H,22,23). The maximum atomic E-state index is 12.7.